The van der Waals surface area contributed by atoms with Crippen LogP contribution in [-0.4, -0.2) is 54.6 Å². The number of carbonyl (C=O) groups is 1. The SMILES string of the molecule is CC1(C)C(/C=C/C=C/C=C/C=C2/N(CCCCS(=O)(=O)[O-])c3ccc4ccccc4c3C2(C)C)=[N+](CCCCCC(=O)NCCc2ccc(N)cc2)c2ccc3ccccc3c21. The third-order valence-corrected chi connectivity index (χ3v) is 13.3. The van der Waals surface area contributed by atoms with Crippen molar-refractivity contribution in [1.29, 1.82) is 0 Å². The highest BCUT2D eigenvalue weighted by atomic mass is 32.2. The maximum atomic E-state index is 12.6. The quantitative estimate of drug-likeness (QED) is 0.0298. The molecule has 0 bridgehead atoms. The molecule has 0 fully saturated rings. The molecule has 0 saturated carbocycles. The molecule has 2 aliphatic rings. The zero-order valence-electron chi connectivity index (χ0n) is 36.6. The first-order valence-electron chi connectivity index (χ1n) is 22.0. The van der Waals surface area contributed by atoms with Gasteiger partial charge < -0.3 is 20.5 Å². The number of amides is 1. The highest BCUT2D eigenvalue weighted by Crippen LogP contribution is 2.51. The van der Waals surface area contributed by atoms with E-state index in [1.807, 2.05) is 24.3 Å². The molecule has 1 amide bonds. The summed E-state index contributed by atoms with van der Waals surface area (Å²) in [6, 6.07) is 33.7. The second-order valence-electron chi connectivity index (χ2n) is 17.6. The lowest BCUT2D eigenvalue weighted by Gasteiger charge is -2.27. The third-order valence-electron chi connectivity index (χ3n) is 12.5. The number of hydrogen-bond donors (Lipinski definition) is 2. The molecule has 2 heterocycles. The Morgan fingerprint density at radius 3 is 2.13 bits per heavy atom. The van der Waals surface area contributed by atoms with E-state index < -0.39 is 10.1 Å². The fraction of sp³-hybridized carbons (Fsp3) is 0.321. The molecule has 62 heavy (non-hydrogen) atoms. The van der Waals surface area contributed by atoms with Crippen molar-refractivity contribution in [2.45, 2.75) is 83.5 Å². The third kappa shape index (κ3) is 9.96. The number of unbranched alkanes of at least 4 members (excludes halogenated alkanes) is 3. The Hall–Kier alpha value is -5.77. The van der Waals surface area contributed by atoms with Gasteiger partial charge in [0.15, 0.2) is 5.71 Å². The van der Waals surface area contributed by atoms with Gasteiger partial charge in [-0.2, -0.15) is 4.58 Å². The molecule has 0 saturated heterocycles. The van der Waals surface area contributed by atoms with Gasteiger partial charge in [0.1, 0.15) is 6.54 Å². The fourth-order valence-corrected chi connectivity index (χ4v) is 10.00. The van der Waals surface area contributed by atoms with Crippen LogP contribution >= 0.6 is 0 Å². The first-order chi connectivity index (χ1) is 29.8. The van der Waals surface area contributed by atoms with E-state index in [0.717, 1.165) is 54.9 Å². The van der Waals surface area contributed by atoms with Crippen molar-refractivity contribution in [2.75, 3.05) is 36.0 Å². The molecule has 3 N–H and O–H groups in total. The Labute approximate surface area is 368 Å². The smallest absolute Gasteiger partial charge is 0.220 e. The van der Waals surface area contributed by atoms with E-state index in [1.165, 1.54) is 44.1 Å². The van der Waals surface area contributed by atoms with Gasteiger partial charge in [-0.05, 0) is 109 Å². The van der Waals surface area contributed by atoms with Gasteiger partial charge >= 0.3 is 0 Å². The minimum atomic E-state index is -4.25. The van der Waals surface area contributed by atoms with Gasteiger partial charge in [-0.3, -0.25) is 4.79 Å². The Bertz CT molecular complexity index is 2710. The van der Waals surface area contributed by atoms with Gasteiger partial charge in [0.25, 0.3) is 0 Å². The van der Waals surface area contributed by atoms with E-state index >= 15 is 0 Å². The van der Waals surface area contributed by atoms with Gasteiger partial charge in [0, 0.05) is 71.9 Å². The summed E-state index contributed by atoms with van der Waals surface area (Å²) in [6.45, 7) is 11.2. The van der Waals surface area contributed by atoms with Crippen LogP contribution in [0.4, 0.5) is 17.1 Å². The highest BCUT2D eigenvalue weighted by Gasteiger charge is 2.45. The molecular weight excluding hydrogens is 789 g/mol. The predicted octanol–water partition coefficient (Wildman–Crippen LogP) is 10.5. The predicted molar refractivity (Wildman–Crippen MR) is 256 cm³/mol. The summed E-state index contributed by atoms with van der Waals surface area (Å²) >= 11 is 0. The van der Waals surface area contributed by atoms with Crippen LogP contribution in [0, 0.1) is 0 Å². The van der Waals surface area contributed by atoms with Gasteiger partial charge in [-0.1, -0.05) is 111 Å². The molecule has 2 aliphatic heterocycles. The maximum Gasteiger partial charge on any atom is 0.220 e. The van der Waals surface area contributed by atoms with Crippen molar-refractivity contribution in [3.8, 4) is 0 Å². The monoisotopic (exact) mass is 848 g/mol. The summed E-state index contributed by atoms with van der Waals surface area (Å²) in [5.41, 5.74) is 14.5. The molecular formula is C53H60N4O4S. The molecule has 9 heteroatoms. The average molecular weight is 849 g/mol. The molecule has 0 aromatic heterocycles. The number of fused-ring (bicyclic) bond motifs is 6. The van der Waals surface area contributed by atoms with E-state index in [0.29, 0.717) is 32.4 Å². The molecule has 0 unspecified atom stereocenters. The minimum absolute atomic E-state index is 0.0986. The molecule has 8 nitrogen and oxygen atoms in total. The standard InChI is InChI=1S/C53H60N4O4S/c1-52(2)47(56(45-32-28-40-19-12-14-21-43(40)50(45)52)36-16-8-11-25-49(58)55-35-34-39-26-30-42(54)31-27-39)23-9-6-5-7-10-24-48-53(3,4)51-44-22-15-13-20-41(44)29-33-46(51)57(48)37-17-18-38-62(59,60)61/h5-7,9-10,12-15,19-24,26-33H,8,11,16-18,25,34-38,54H2,1-4H3,(H-,55,58,59,60,61). The van der Waals surface area contributed by atoms with Gasteiger partial charge in [-0.15, -0.1) is 0 Å². The Kier molecular flexibility index (Phi) is 13.6. The lowest BCUT2D eigenvalue weighted by molar-refractivity contribution is -0.438. The number of nitrogens with one attached hydrogen (secondary N) is 1. The van der Waals surface area contributed by atoms with Crippen LogP contribution in [-0.2, 0) is 32.2 Å². The van der Waals surface area contributed by atoms with Crippen molar-refractivity contribution in [1.82, 2.24) is 5.32 Å². The van der Waals surface area contributed by atoms with Crippen LogP contribution in [0.1, 0.15) is 82.9 Å². The van der Waals surface area contributed by atoms with E-state index in [-0.39, 0.29) is 22.5 Å². The van der Waals surface area contributed by atoms with Crippen LogP contribution < -0.4 is 16.0 Å². The second-order valence-corrected chi connectivity index (χ2v) is 19.1. The van der Waals surface area contributed by atoms with Gasteiger partial charge in [-0.25, -0.2) is 8.42 Å². The molecule has 0 spiro atoms. The van der Waals surface area contributed by atoms with Crippen LogP contribution in [0.3, 0.4) is 0 Å². The Balaban J connectivity index is 1.04. The summed E-state index contributed by atoms with van der Waals surface area (Å²) in [5, 5.41) is 7.98. The number of nitrogens with zero attached hydrogens (tertiary/aromatic N) is 2. The molecule has 0 atom stereocenters. The van der Waals surface area contributed by atoms with Crippen LogP contribution in [0.25, 0.3) is 21.5 Å². The molecule has 0 radical (unpaired) electrons. The Morgan fingerprint density at radius 2 is 1.40 bits per heavy atom. The average Bonchev–Trinajstić information content (AvgIpc) is 3.60. The summed E-state index contributed by atoms with van der Waals surface area (Å²) in [6.07, 6.45) is 19.8. The Morgan fingerprint density at radius 1 is 0.742 bits per heavy atom. The molecule has 7 rings (SSSR count). The molecule has 5 aromatic rings. The summed E-state index contributed by atoms with van der Waals surface area (Å²) in [4.78, 5) is 14.9. The van der Waals surface area contributed by atoms with Crippen molar-refractivity contribution in [3.63, 3.8) is 0 Å². The number of nitrogen functional groups attached to an aromatic ring is 1. The number of hydrogen-bond acceptors (Lipinski definition) is 6. The normalized spacial score (nSPS) is 16.5. The number of carbonyl (C=O) groups excluding carboxylic acids is 1. The molecule has 0 aliphatic carbocycles. The lowest BCUT2D eigenvalue weighted by Crippen LogP contribution is -2.28. The van der Waals surface area contributed by atoms with E-state index in [2.05, 4.69) is 158 Å². The van der Waals surface area contributed by atoms with Crippen molar-refractivity contribution >= 4 is 60.3 Å². The number of rotatable bonds is 18. The molecule has 5 aromatic carbocycles. The van der Waals surface area contributed by atoms with E-state index in [1.54, 1.807) is 0 Å². The lowest BCUT2D eigenvalue weighted by atomic mass is 9.79. The topological polar surface area (TPSA) is 119 Å². The van der Waals surface area contributed by atoms with E-state index in [9.17, 15) is 17.8 Å². The summed E-state index contributed by atoms with van der Waals surface area (Å²) < 4.78 is 36.5. The van der Waals surface area contributed by atoms with Crippen LogP contribution in [0.5, 0.6) is 0 Å². The highest BCUT2D eigenvalue weighted by molar-refractivity contribution is 7.85. The number of nitrogens with two attached hydrogens (primary N) is 1. The summed E-state index contributed by atoms with van der Waals surface area (Å²) in [5.74, 6) is -0.252. The first kappa shape index (κ1) is 44.3. The molecule has 322 valence electrons. The fourth-order valence-electron chi connectivity index (χ4n) is 9.44. The van der Waals surface area contributed by atoms with Crippen molar-refractivity contribution in [3.05, 3.63) is 162 Å². The summed E-state index contributed by atoms with van der Waals surface area (Å²) in [7, 11) is -4.25. The van der Waals surface area contributed by atoms with E-state index in [4.69, 9.17) is 5.73 Å². The van der Waals surface area contributed by atoms with Gasteiger partial charge in [0.05, 0.1) is 15.5 Å². The zero-order valence-corrected chi connectivity index (χ0v) is 37.4. The van der Waals surface area contributed by atoms with Gasteiger partial charge in [0.2, 0.25) is 11.6 Å². The second kappa shape index (κ2) is 19.1. The largest absolute Gasteiger partial charge is 0.748 e. The van der Waals surface area contributed by atoms with Crippen LogP contribution in [0.15, 0.2) is 145 Å². The minimum Gasteiger partial charge on any atom is -0.748 e. The number of allylic oxidation sites excluding steroid dienone is 8. The number of anilines is 2. The number of benzene rings is 5. The van der Waals surface area contributed by atoms with Crippen molar-refractivity contribution < 1.29 is 22.3 Å². The first-order valence-corrected chi connectivity index (χ1v) is 23.6. The maximum absolute atomic E-state index is 12.6. The van der Waals surface area contributed by atoms with Crippen LogP contribution in [0.2, 0.25) is 0 Å². The zero-order chi connectivity index (χ0) is 43.9. The van der Waals surface area contributed by atoms with Crippen molar-refractivity contribution in [2.24, 2.45) is 0 Å².